The molecule has 4 heavy (non-hydrogen) atoms. The van der Waals surface area contributed by atoms with Crippen LogP contribution in [-0.2, 0) is 5.11 Å². The van der Waals surface area contributed by atoms with Crippen LogP contribution in [0.3, 0.4) is 0 Å². The molecule has 0 aliphatic heterocycles. The molecule has 0 unspecified atom stereocenters. The highest BCUT2D eigenvalue weighted by atomic mass is 24.3. The van der Waals surface area contributed by atoms with Gasteiger partial charge in [-0.05, 0) is 6.92 Å². The SMILES string of the molecule is CC[O].[MgH2]. The molecule has 0 saturated heterocycles. The van der Waals surface area contributed by atoms with E-state index in [9.17, 15) is 0 Å². The molecule has 0 amide bonds. The molecule has 2 heteroatoms. The second kappa shape index (κ2) is 9.29. The highest BCUT2D eigenvalue weighted by Crippen LogP contribution is 1.33. The standard InChI is InChI=1S/C2H5O.Mg.2H/c1-2-3;;;/h2H2,1H3;;;. The van der Waals surface area contributed by atoms with Crippen LogP contribution in [0.1, 0.15) is 6.92 Å². The zero-order valence-corrected chi connectivity index (χ0v) is 2.12. The van der Waals surface area contributed by atoms with Crippen molar-refractivity contribution in [1.29, 1.82) is 0 Å². The van der Waals surface area contributed by atoms with E-state index in [1.54, 1.807) is 6.92 Å². The first-order chi connectivity index (χ1) is 1.41. The van der Waals surface area contributed by atoms with Crippen LogP contribution >= 0.6 is 0 Å². The maximum absolute atomic E-state index is 8.93. The average Bonchev–Trinajstić information content (AvgIpc) is 0.918. The van der Waals surface area contributed by atoms with Gasteiger partial charge in [0.2, 0.25) is 0 Å². The second-order valence-corrected chi connectivity index (χ2v) is 0.289. The number of hydrogen-bond donors (Lipinski definition) is 0. The monoisotopic (exact) mass is 71.0 g/mol. The minimum absolute atomic E-state index is 0. The van der Waals surface area contributed by atoms with E-state index in [1.165, 1.54) is 0 Å². The molecule has 23 valence electrons. The molecule has 0 atom stereocenters. The van der Waals surface area contributed by atoms with Gasteiger partial charge in [-0.2, -0.15) is 0 Å². The van der Waals surface area contributed by atoms with Crippen molar-refractivity contribution < 1.29 is 5.11 Å². The molecule has 0 aromatic rings. The molecule has 1 radical (unpaired) electrons. The first-order valence-corrected chi connectivity index (χ1v) is 0.996. The maximum Gasteiger partial charge on any atom is 0.316 e. The van der Waals surface area contributed by atoms with Gasteiger partial charge in [-0.15, -0.1) is 0 Å². The highest BCUT2D eigenvalue weighted by molar-refractivity contribution is 5.75. The van der Waals surface area contributed by atoms with Crippen molar-refractivity contribution in [2.75, 3.05) is 6.61 Å². The first-order valence-electron chi connectivity index (χ1n) is 0.996. The molecule has 0 fully saturated rings. The molecule has 1 nitrogen and oxygen atoms in total. The van der Waals surface area contributed by atoms with E-state index in [0.717, 1.165) is 0 Å². The van der Waals surface area contributed by atoms with Crippen molar-refractivity contribution in [3.63, 3.8) is 0 Å². The van der Waals surface area contributed by atoms with Gasteiger partial charge in [0.1, 0.15) is 0 Å². The topological polar surface area (TPSA) is 19.9 Å². The van der Waals surface area contributed by atoms with Gasteiger partial charge in [0, 0.05) is 0 Å². The van der Waals surface area contributed by atoms with E-state index in [4.69, 9.17) is 5.11 Å². The fourth-order valence-corrected chi connectivity index (χ4v) is 0. The smallest absolute Gasteiger partial charge is 0.237 e. The van der Waals surface area contributed by atoms with Crippen LogP contribution in [-0.4, -0.2) is 29.7 Å². The van der Waals surface area contributed by atoms with Crippen molar-refractivity contribution in [1.82, 2.24) is 0 Å². The largest absolute Gasteiger partial charge is 0.316 e. The van der Waals surface area contributed by atoms with Gasteiger partial charge in [-0.3, -0.25) is 0 Å². The third-order valence-corrected chi connectivity index (χ3v) is 0. The van der Waals surface area contributed by atoms with Gasteiger partial charge in [0.15, 0.2) is 0 Å². The number of hydrogen-bond acceptors (Lipinski definition) is 0. The predicted octanol–water partition coefficient (Wildman–Crippen LogP) is -0.479. The van der Waals surface area contributed by atoms with E-state index >= 15 is 0 Å². The summed E-state index contributed by atoms with van der Waals surface area (Å²) in [6.07, 6.45) is 0. The van der Waals surface area contributed by atoms with E-state index in [2.05, 4.69) is 0 Å². The van der Waals surface area contributed by atoms with E-state index in [-0.39, 0.29) is 29.7 Å². The molecule has 0 N–H and O–H groups in total. The van der Waals surface area contributed by atoms with Crippen LogP contribution in [0.25, 0.3) is 0 Å². The average molecular weight is 71.4 g/mol. The first kappa shape index (κ1) is 8.83. The van der Waals surface area contributed by atoms with Gasteiger partial charge in [-0.25, -0.2) is 5.11 Å². The fourth-order valence-electron chi connectivity index (χ4n) is 0. The molecule has 0 saturated carbocycles. The third-order valence-electron chi connectivity index (χ3n) is 0. The fraction of sp³-hybridized carbons (Fsp3) is 1.00. The minimum atomic E-state index is 0. The van der Waals surface area contributed by atoms with Crippen LogP contribution < -0.4 is 0 Å². The summed E-state index contributed by atoms with van der Waals surface area (Å²) in [5.74, 6) is 0. The Morgan fingerprint density at radius 3 is 1.75 bits per heavy atom. The van der Waals surface area contributed by atoms with Crippen molar-refractivity contribution in [2.24, 2.45) is 0 Å². The van der Waals surface area contributed by atoms with E-state index in [1.807, 2.05) is 0 Å². The van der Waals surface area contributed by atoms with Gasteiger partial charge in [-0.1, -0.05) is 0 Å². The molecular formula is C2H7MgO. The van der Waals surface area contributed by atoms with Crippen molar-refractivity contribution in [2.45, 2.75) is 6.92 Å². The third kappa shape index (κ3) is 15.4. The summed E-state index contributed by atoms with van der Waals surface area (Å²) < 4.78 is 0. The van der Waals surface area contributed by atoms with Crippen LogP contribution in [0, 0.1) is 0 Å². The van der Waals surface area contributed by atoms with E-state index in [0.29, 0.717) is 0 Å². The summed E-state index contributed by atoms with van der Waals surface area (Å²) in [5.41, 5.74) is 0. The minimum Gasteiger partial charge on any atom is -0.237 e. The van der Waals surface area contributed by atoms with Gasteiger partial charge >= 0.3 is 23.1 Å². The maximum atomic E-state index is 8.93. The molecule has 0 bridgehead atoms. The summed E-state index contributed by atoms with van der Waals surface area (Å²) in [6.45, 7) is 1.57. The van der Waals surface area contributed by atoms with Crippen molar-refractivity contribution in [3.8, 4) is 0 Å². The molecule has 0 aliphatic rings. The lowest BCUT2D eigenvalue weighted by molar-refractivity contribution is 0.212. The molecule has 0 aromatic carbocycles. The van der Waals surface area contributed by atoms with Crippen LogP contribution in [0.5, 0.6) is 0 Å². The summed E-state index contributed by atoms with van der Waals surface area (Å²) in [6, 6.07) is 0. The van der Waals surface area contributed by atoms with Crippen molar-refractivity contribution in [3.05, 3.63) is 0 Å². The van der Waals surface area contributed by atoms with Crippen LogP contribution in [0.2, 0.25) is 0 Å². The van der Waals surface area contributed by atoms with E-state index < -0.39 is 0 Å². The van der Waals surface area contributed by atoms with Gasteiger partial charge in [0.05, 0.1) is 6.61 Å². The molecule has 0 spiro atoms. The second-order valence-electron chi connectivity index (χ2n) is 0.289. The van der Waals surface area contributed by atoms with Crippen LogP contribution in [0.15, 0.2) is 0 Å². The van der Waals surface area contributed by atoms with Gasteiger partial charge in [0.25, 0.3) is 0 Å². The Balaban J connectivity index is 0. The van der Waals surface area contributed by atoms with Crippen LogP contribution in [0.4, 0.5) is 0 Å². The Bertz CT molecular complexity index is 6.00. The lowest BCUT2D eigenvalue weighted by Crippen LogP contribution is -1.52. The quantitative estimate of drug-likeness (QED) is 0.344. The zero-order chi connectivity index (χ0) is 2.71. The summed E-state index contributed by atoms with van der Waals surface area (Å²) in [7, 11) is 0. The predicted molar refractivity (Wildman–Crippen MR) is 19.8 cm³/mol. The lowest BCUT2D eigenvalue weighted by Gasteiger charge is -1.45. The Morgan fingerprint density at radius 1 is 1.75 bits per heavy atom. The molecular weight excluding hydrogens is 64.3 g/mol. The summed E-state index contributed by atoms with van der Waals surface area (Å²) in [4.78, 5) is 0. The highest BCUT2D eigenvalue weighted by Gasteiger charge is 1.39. The lowest BCUT2D eigenvalue weighted by atomic mass is 10.9. The Kier molecular flexibility index (Phi) is 20.5. The summed E-state index contributed by atoms with van der Waals surface area (Å²) >= 11 is 0. The Labute approximate surface area is 42.2 Å². The molecule has 0 heterocycles. The normalized spacial score (nSPS) is 4.50. The molecule has 0 aromatic heterocycles. The molecule has 0 aliphatic carbocycles. The van der Waals surface area contributed by atoms with Gasteiger partial charge < -0.3 is 0 Å². The van der Waals surface area contributed by atoms with Crippen molar-refractivity contribution >= 4 is 23.1 Å². The Morgan fingerprint density at radius 2 is 1.75 bits per heavy atom. The number of rotatable bonds is 0. The summed E-state index contributed by atoms with van der Waals surface area (Å²) in [5, 5.41) is 8.93. The zero-order valence-electron chi connectivity index (χ0n) is 2.12. The molecule has 0 rings (SSSR count). The Hall–Kier alpha value is 0.726.